The molecule has 0 aliphatic heterocycles. The first-order chi connectivity index (χ1) is 7.67. The van der Waals surface area contributed by atoms with Crippen molar-refractivity contribution in [1.29, 1.82) is 0 Å². The molecular formula is C12H21N3O. The van der Waals surface area contributed by atoms with E-state index >= 15 is 0 Å². The third-order valence-electron chi connectivity index (χ3n) is 3.68. The minimum absolute atomic E-state index is 0.307. The van der Waals surface area contributed by atoms with Gasteiger partial charge in [0.2, 0.25) is 0 Å². The largest absolute Gasteiger partial charge is 0.396 e. The number of aromatic nitrogens is 2. The van der Waals surface area contributed by atoms with E-state index in [0.717, 1.165) is 13.0 Å². The second-order valence-electron chi connectivity index (χ2n) is 4.96. The molecule has 0 aromatic carbocycles. The normalized spacial score (nSPS) is 19.7. The molecule has 16 heavy (non-hydrogen) atoms. The van der Waals surface area contributed by atoms with Gasteiger partial charge in [0, 0.05) is 32.4 Å². The smallest absolute Gasteiger partial charge is 0.0547 e. The van der Waals surface area contributed by atoms with Gasteiger partial charge in [-0.1, -0.05) is 0 Å². The Labute approximate surface area is 96.7 Å². The lowest BCUT2D eigenvalue weighted by Gasteiger charge is -2.19. The molecule has 4 heteroatoms. The van der Waals surface area contributed by atoms with Crippen molar-refractivity contribution in [1.82, 2.24) is 15.1 Å². The highest BCUT2D eigenvalue weighted by Crippen LogP contribution is 2.48. The van der Waals surface area contributed by atoms with Crippen LogP contribution < -0.4 is 5.32 Å². The monoisotopic (exact) mass is 223 g/mol. The summed E-state index contributed by atoms with van der Waals surface area (Å²) in [7, 11) is 1.97. The van der Waals surface area contributed by atoms with Gasteiger partial charge in [0.1, 0.15) is 0 Å². The zero-order chi connectivity index (χ0) is 11.6. The SMILES string of the molecule is CC(NCC1(CCO)CC1)c1ccnn1C. The molecule has 1 aromatic rings. The minimum atomic E-state index is 0.307. The van der Waals surface area contributed by atoms with Gasteiger partial charge in [0.05, 0.1) is 5.69 Å². The zero-order valence-corrected chi connectivity index (χ0v) is 10.1. The highest BCUT2D eigenvalue weighted by atomic mass is 16.3. The van der Waals surface area contributed by atoms with Crippen LogP contribution in [0.5, 0.6) is 0 Å². The first kappa shape index (κ1) is 11.6. The van der Waals surface area contributed by atoms with Crippen LogP contribution in [0.3, 0.4) is 0 Å². The van der Waals surface area contributed by atoms with Crippen LogP contribution in [0.25, 0.3) is 0 Å². The van der Waals surface area contributed by atoms with Gasteiger partial charge in [-0.3, -0.25) is 4.68 Å². The summed E-state index contributed by atoms with van der Waals surface area (Å²) in [5.41, 5.74) is 1.58. The fraction of sp³-hybridized carbons (Fsp3) is 0.750. The Balaban J connectivity index is 1.84. The van der Waals surface area contributed by atoms with Crippen LogP contribution in [0.4, 0.5) is 0 Å². The molecule has 4 nitrogen and oxygen atoms in total. The summed E-state index contributed by atoms with van der Waals surface area (Å²) in [4.78, 5) is 0. The summed E-state index contributed by atoms with van der Waals surface area (Å²) in [5, 5.41) is 16.7. The molecule has 0 amide bonds. The van der Waals surface area contributed by atoms with Gasteiger partial charge in [-0.15, -0.1) is 0 Å². The number of hydrogen-bond donors (Lipinski definition) is 2. The molecule has 0 bridgehead atoms. The minimum Gasteiger partial charge on any atom is -0.396 e. The maximum atomic E-state index is 8.99. The van der Waals surface area contributed by atoms with Gasteiger partial charge in [-0.2, -0.15) is 5.10 Å². The highest BCUT2D eigenvalue weighted by Gasteiger charge is 2.41. The molecule has 1 aliphatic rings. The number of nitrogens with one attached hydrogen (secondary N) is 1. The van der Waals surface area contributed by atoms with E-state index in [-0.39, 0.29) is 0 Å². The summed E-state index contributed by atoms with van der Waals surface area (Å²) in [6.45, 7) is 3.47. The number of rotatable bonds is 6. The third kappa shape index (κ3) is 2.44. The summed E-state index contributed by atoms with van der Waals surface area (Å²) in [6.07, 6.45) is 5.25. The molecule has 2 N–H and O–H groups in total. The molecule has 1 aliphatic carbocycles. The van der Waals surface area contributed by atoms with Gasteiger partial charge in [0.15, 0.2) is 0 Å². The van der Waals surface area contributed by atoms with E-state index in [0.29, 0.717) is 18.1 Å². The lowest BCUT2D eigenvalue weighted by Crippen LogP contribution is -2.28. The number of aryl methyl sites for hydroxylation is 1. The van der Waals surface area contributed by atoms with Gasteiger partial charge in [0.25, 0.3) is 0 Å². The number of aliphatic hydroxyl groups excluding tert-OH is 1. The molecule has 0 radical (unpaired) electrons. The van der Waals surface area contributed by atoms with Crippen LogP contribution in [0.15, 0.2) is 12.3 Å². The van der Waals surface area contributed by atoms with Crippen LogP contribution in [0.2, 0.25) is 0 Å². The fourth-order valence-corrected chi connectivity index (χ4v) is 2.21. The Morgan fingerprint density at radius 3 is 2.88 bits per heavy atom. The van der Waals surface area contributed by atoms with E-state index in [2.05, 4.69) is 17.3 Å². The lowest BCUT2D eigenvalue weighted by molar-refractivity contribution is 0.242. The predicted molar refractivity (Wildman–Crippen MR) is 63.0 cm³/mol. The molecule has 1 aromatic heterocycles. The van der Waals surface area contributed by atoms with E-state index in [1.54, 1.807) is 0 Å². The first-order valence-corrected chi connectivity index (χ1v) is 5.99. The van der Waals surface area contributed by atoms with Gasteiger partial charge >= 0.3 is 0 Å². The van der Waals surface area contributed by atoms with E-state index < -0.39 is 0 Å². The van der Waals surface area contributed by atoms with E-state index in [9.17, 15) is 0 Å². The maximum absolute atomic E-state index is 8.99. The average molecular weight is 223 g/mol. The number of aliphatic hydroxyl groups is 1. The highest BCUT2D eigenvalue weighted by molar-refractivity contribution is 5.06. The molecular weight excluding hydrogens is 202 g/mol. The average Bonchev–Trinajstić information content (AvgIpc) is 2.89. The topological polar surface area (TPSA) is 50.1 Å². The van der Waals surface area contributed by atoms with E-state index in [1.165, 1.54) is 18.5 Å². The molecule has 0 spiro atoms. The van der Waals surface area contributed by atoms with Crippen molar-refractivity contribution in [2.24, 2.45) is 12.5 Å². The zero-order valence-electron chi connectivity index (χ0n) is 10.1. The Bertz CT molecular complexity index is 344. The predicted octanol–water partition coefficient (Wildman–Crippen LogP) is 1.23. The quantitative estimate of drug-likeness (QED) is 0.762. The summed E-state index contributed by atoms with van der Waals surface area (Å²) < 4.78 is 1.91. The standard InChI is InChI=1S/C12H21N3O/c1-10(11-3-7-14-15(11)2)13-9-12(4-5-12)6-8-16/h3,7,10,13,16H,4-6,8-9H2,1-2H3. The van der Waals surface area contributed by atoms with Crippen molar-refractivity contribution in [3.05, 3.63) is 18.0 Å². The van der Waals surface area contributed by atoms with Crippen molar-refractivity contribution in [2.45, 2.75) is 32.2 Å². The van der Waals surface area contributed by atoms with Crippen LogP contribution in [-0.4, -0.2) is 28.0 Å². The summed E-state index contributed by atoms with van der Waals surface area (Å²) in [6, 6.07) is 2.37. The second-order valence-corrected chi connectivity index (χ2v) is 4.96. The fourth-order valence-electron chi connectivity index (χ4n) is 2.21. The lowest BCUT2D eigenvalue weighted by atomic mass is 10.0. The molecule has 1 heterocycles. The summed E-state index contributed by atoms with van der Waals surface area (Å²) in [5.74, 6) is 0. The van der Waals surface area contributed by atoms with Crippen molar-refractivity contribution < 1.29 is 5.11 Å². The molecule has 90 valence electrons. The molecule has 2 rings (SSSR count). The molecule has 1 fully saturated rings. The van der Waals surface area contributed by atoms with Gasteiger partial charge in [-0.25, -0.2) is 0 Å². The van der Waals surface area contributed by atoms with E-state index in [1.807, 2.05) is 24.0 Å². The van der Waals surface area contributed by atoms with Crippen LogP contribution in [-0.2, 0) is 7.05 Å². The Morgan fingerprint density at radius 1 is 1.62 bits per heavy atom. The molecule has 1 saturated carbocycles. The maximum Gasteiger partial charge on any atom is 0.0547 e. The second kappa shape index (κ2) is 4.55. The van der Waals surface area contributed by atoms with Crippen LogP contribution in [0.1, 0.15) is 37.9 Å². The molecule has 1 atom stereocenters. The molecule has 1 unspecified atom stereocenters. The Kier molecular flexibility index (Phi) is 3.30. The van der Waals surface area contributed by atoms with E-state index in [4.69, 9.17) is 5.11 Å². The van der Waals surface area contributed by atoms with Crippen LogP contribution in [0, 0.1) is 5.41 Å². The van der Waals surface area contributed by atoms with Crippen molar-refractivity contribution >= 4 is 0 Å². The Morgan fingerprint density at radius 2 is 2.38 bits per heavy atom. The van der Waals surface area contributed by atoms with Crippen LogP contribution >= 0.6 is 0 Å². The van der Waals surface area contributed by atoms with Crippen molar-refractivity contribution in [2.75, 3.05) is 13.2 Å². The summed E-state index contributed by atoms with van der Waals surface area (Å²) >= 11 is 0. The number of nitrogens with zero attached hydrogens (tertiary/aromatic N) is 2. The van der Waals surface area contributed by atoms with Crippen molar-refractivity contribution in [3.63, 3.8) is 0 Å². The molecule has 0 saturated heterocycles. The van der Waals surface area contributed by atoms with Gasteiger partial charge < -0.3 is 10.4 Å². The third-order valence-corrected chi connectivity index (χ3v) is 3.68. The number of hydrogen-bond acceptors (Lipinski definition) is 3. The van der Waals surface area contributed by atoms with Gasteiger partial charge in [-0.05, 0) is 37.7 Å². The van der Waals surface area contributed by atoms with Crippen molar-refractivity contribution in [3.8, 4) is 0 Å². The first-order valence-electron chi connectivity index (χ1n) is 5.99. The Hall–Kier alpha value is -0.870.